The molecule has 4 heteroatoms. The smallest absolute Gasteiger partial charge is 0.371 e. The number of aromatic carboxylic acids is 1. The minimum Gasteiger partial charge on any atom is -0.475 e. The van der Waals surface area contributed by atoms with Crippen molar-refractivity contribution in [3.63, 3.8) is 0 Å². The van der Waals surface area contributed by atoms with E-state index in [2.05, 4.69) is 11.8 Å². The third-order valence-electron chi connectivity index (χ3n) is 3.42. The lowest BCUT2D eigenvalue weighted by Gasteiger charge is -2.25. The molecule has 1 aromatic heterocycles. The van der Waals surface area contributed by atoms with E-state index in [0.717, 1.165) is 12.3 Å². The van der Waals surface area contributed by atoms with Crippen LogP contribution < -0.4 is 0 Å². The summed E-state index contributed by atoms with van der Waals surface area (Å²) in [6.45, 7) is 4.02. The van der Waals surface area contributed by atoms with Gasteiger partial charge in [0.25, 0.3) is 0 Å². The van der Waals surface area contributed by atoms with Gasteiger partial charge in [-0.15, -0.1) is 0 Å². The van der Waals surface area contributed by atoms with E-state index in [1.165, 1.54) is 31.7 Å². The monoisotopic (exact) mass is 237 g/mol. The number of carboxylic acid groups (broad SMARTS) is 1. The maximum atomic E-state index is 10.7. The Morgan fingerprint density at radius 1 is 1.47 bits per heavy atom. The molecule has 0 aliphatic carbocycles. The number of nitrogens with zero attached hydrogens (tertiary/aromatic N) is 1. The first-order valence-corrected chi connectivity index (χ1v) is 6.23. The van der Waals surface area contributed by atoms with Crippen LogP contribution in [-0.2, 0) is 6.54 Å². The molecule has 1 N–H and O–H groups in total. The van der Waals surface area contributed by atoms with Gasteiger partial charge in [-0.2, -0.15) is 0 Å². The zero-order valence-electron chi connectivity index (χ0n) is 10.2. The summed E-state index contributed by atoms with van der Waals surface area (Å²) in [5.74, 6) is -0.223. The predicted molar refractivity (Wildman–Crippen MR) is 64.0 cm³/mol. The Kier molecular flexibility index (Phi) is 3.84. The molecule has 0 radical (unpaired) electrons. The summed E-state index contributed by atoms with van der Waals surface area (Å²) in [5, 5.41) is 8.79. The highest BCUT2D eigenvalue weighted by atomic mass is 16.4. The number of furan rings is 1. The lowest BCUT2D eigenvalue weighted by molar-refractivity contribution is 0.0657. The van der Waals surface area contributed by atoms with Crippen LogP contribution in [0.1, 0.15) is 48.9 Å². The average molecular weight is 237 g/mol. The van der Waals surface area contributed by atoms with Gasteiger partial charge in [0.1, 0.15) is 5.76 Å². The molecule has 0 aromatic carbocycles. The molecule has 1 aliphatic heterocycles. The maximum Gasteiger partial charge on any atom is 0.371 e. The van der Waals surface area contributed by atoms with Gasteiger partial charge < -0.3 is 9.52 Å². The van der Waals surface area contributed by atoms with E-state index in [-0.39, 0.29) is 5.76 Å². The van der Waals surface area contributed by atoms with Crippen molar-refractivity contribution in [2.24, 2.45) is 0 Å². The second-order valence-corrected chi connectivity index (χ2v) is 4.74. The van der Waals surface area contributed by atoms with Crippen molar-refractivity contribution >= 4 is 5.97 Å². The number of likely N-dealkylation sites (tertiary alicyclic amines) is 1. The standard InChI is InChI=1S/C13H19NO3/c1-10-5-3-2-4-8-14(10)9-11-6-7-12(17-11)13(15)16/h6-7,10H,2-5,8-9H2,1H3,(H,15,16). The van der Waals surface area contributed by atoms with Gasteiger partial charge in [-0.1, -0.05) is 12.8 Å². The molecule has 0 bridgehead atoms. The van der Waals surface area contributed by atoms with Crippen LogP contribution in [0, 0.1) is 0 Å². The molecule has 0 saturated carbocycles. The van der Waals surface area contributed by atoms with Crippen LogP contribution in [0.4, 0.5) is 0 Å². The number of hydrogen-bond donors (Lipinski definition) is 1. The maximum absolute atomic E-state index is 10.7. The minimum absolute atomic E-state index is 0.0301. The molecule has 1 saturated heterocycles. The molecule has 0 amide bonds. The second kappa shape index (κ2) is 5.36. The molecule has 1 fully saturated rings. The Morgan fingerprint density at radius 2 is 2.29 bits per heavy atom. The molecular weight excluding hydrogens is 218 g/mol. The minimum atomic E-state index is -1.000. The van der Waals surface area contributed by atoms with Crippen molar-refractivity contribution in [1.29, 1.82) is 0 Å². The SMILES string of the molecule is CC1CCCCCN1Cc1ccc(C(=O)O)o1. The van der Waals surface area contributed by atoms with E-state index >= 15 is 0 Å². The Hall–Kier alpha value is -1.29. The Balaban J connectivity index is 2.00. The Morgan fingerprint density at radius 3 is 3.00 bits per heavy atom. The van der Waals surface area contributed by atoms with Crippen LogP contribution in [-0.4, -0.2) is 28.6 Å². The molecule has 0 spiro atoms. The molecule has 2 heterocycles. The van der Waals surface area contributed by atoms with Crippen LogP contribution in [0.5, 0.6) is 0 Å². The summed E-state index contributed by atoms with van der Waals surface area (Å²) in [4.78, 5) is 13.1. The van der Waals surface area contributed by atoms with Gasteiger partial charge in [-0.3, -0.25) is 4.90 Å². The van der Waals surface area contributed by atoms with Gasteiger partial charge in [0, 0.05) is 6.04 Å². The van der Waals surface area contributed by atoms with Gasteiger partial charge in [0.2, 0.25) is 5.76 Å². The lowest BCUT2D eigenvalue weighted by Crippen LogP contribution is -2.31. The molecule has 1 aliphatic rings. The summed E-state index contributed by atoms with van der Waals surface area (Å²) in [5.41, 5.74) is 0. The van der Waals surface area contributed by atoms with Gasteiger partial charge in [0.05, 0.1) is 6.54 Å². The van der Waals surface area contributed by atoms with E-state index in [9.17, 15) is 4.79 Å². The van der Waals surface area contributed by atoms with Crippen LogP contribution >= 0.6 is 0 Å². The van der Waals surface area contributed by atoms with Gasteiger partial charge >= 0.3 is 5.97 Å². The summed E-state index contributed by atoms with van der Waals surface area (Å²) in [7, 11) is 0. The summed E-state index contributed by atoms with van der Waals surface area (Å²) < 4.78 is 5.30. The fourth-order valence-electron chi connectivity index (χ4n) is 2.35. The largest absolute Gasteiger partial charge is 0.475 e. The average Bonchev–Trinajstić information content (AvgIpc) is 2.66. The Labute approximate surface area is 101 Å². The molecule has 94 valence electrons. The predicted octanol–water partition coefficient (Wildman–Crippen LogP) is 2.74. The summed E-state index contributed by atoms with van der Waals surface area (Å²) in [6, 6.07) is 3.84. The van der Waals surface area contributed by atoms with Crippen molar-refractivity contribution < 1.29 is 14.3 Å². The summed E-state index contributed by atoms with van der Waals surface area (Å²) >= 11 is 0. The molecular formula is C13H19NO3. The zero-order chi connectivity index (χ0) is 12.3. The first-order chi connectivity index (χ1) is 8.16. The van der Waals surface area contributed by atoms with Crippen LogP contribution in [0.25, 0.3) is 0 Å². The molecule has 2 rings (SSSR count). The first kappa shape index (κ1) is 12.2. The van der Waals surface area contributed by atoms with Crippen molar-refractivity contribution in [3.8, 4) is 0 Å². The highest BCUT2D eigenvalue weighted by Gasteiger charge is 2.19. The molecule has 1 aromatic rings. The van der Waals surface area contributed by atoms with Gasteiger partial charge in [-0.05, 0) is 38.4 Å². The third kappa shape index (κ3) is 3.09. The molecule has 1 unspecified atom stereocenters. The highest BCUT2D eigenvalue weighted by molar-refractivity contribution is 5.84. The number of carboxylic acids is 1. The molecule has 4 nitrogen and oxygen atoms in total. The fourth-order valence-corrected chi connectivity index (χ4v) is 2.35. The quantitative estimate of drug-likeness (QED) is 0.878. The van der Waals surface area contributed by atoms with Crippen molar-refractivity contribution in [2.45, 2.75) is 45.2 Å². The van der Waals surface area contributed by atoms with E-state index < -0.39 is 5.97 Å². The molecule has 17 heavy (non-hydrogen) atoms. The first-order valence-electron chi connectivity index (χ1n) is 6.23. The lowest BCUT2D eigenvalue weighted by atomic mass is 10.1. The zero-order valence-corrected chi connectivity index (χ0v) is 10.2. The highest BCUT2D eigenvalue weighted by Crippen LogP contribution is 2.19. The second-order valence-electron chi connectivity index (χ2n) is 4.74. The van der Waals surface area contributed by atoms with E-state index in [4.69, 9.17) is 9.52 Å². The van der Waals surface area contributed by atoms with Gasteiger partial charge in [0.15, 0.2) is 0 Å². The summed E-state index contributed by atoms with van der Waals surface area (Å²) in [6.07, 6.45) is 5.01. The number of hydrogen-bond acceptors (Lipinski definition) is 3. The number of rotatable bonds is 3. The third-order valence-corrected chi connectivity index (χ3v) is 3.42. The Bertz CT molecular complexity index is 386. The van der Waals surface area contributed by atoms with Crippen LogP contribution in [0.3, 0.4) is 0 Å². The van der Waals surface area contributed by atoms with Gasteiger partial charge in [-0.25, -0.2) is 4.79 Å². The van der Waals surface area contributed by atoms with E-state index in [0.29, 0.717) is 12.6 Å². The topological polar surface area (TPSA) is 53.7 Å². The number of carbonyl (C=O) groups is 1. The molecule has 1 atom stereocenters. The fraction of sp³-hybridized carbons (Fsp3) is 0.615. The van der Waals surface area contributed by atoms with E-state index in [1.807, 2.05) is 0 Å². The van der Waals surface area contributed by atoms with Crippen molar-refractivity contribution in [2.75, 3.05) is 6.54 Å². The van der Waals surface area contributed by atoms with Crippen molar-refractivity contribution in [3.05, 3.63) is 23.7 Å². The van der Waals surface area contributed by atoms with Crippen LogP contribution in [0.15, 0.2) is 16.5 Å². The van der Waals surface area contributed by atoms with Crippen LogP contribution in [0.2, 0.25) is 0 Å². The van der Waals surface area contributed by atoms with E-state index in [1.54, 1.807) is 6.07 Å². The van der Waals surface area contributed by atoms with Crippen molar-refractivity contribution in [1.82, 2.24) is 4.90 Å². The normalized spacial score (nSPS) is 22.3.